The predicted octanol–water partition coefficient (Wildman–Crippen LogP) is 4.22. The Morgan fingerprint density at radius 1 is 1.32 bits per heavy atom. The number of para-hydroxylation sites is 1. The number of nitrogens with one attached hydrogen (secondary N) is 1. The zero-order valence-electron chi connectivity index (χ0n) is 11.9. The second kappa shape index (κ2) is 7.52. The maximum Gasteiger partial charge on any atom is 0.337 e. The fraction of sp³-hybridized carbons (Fsp3) is 0.118. The summed E-state index contributed by atoms with van der Waals surface area (Å²) < 4.78 is 5.41. The lowest BCUT2D eigenvalue weighted by Crippen LogP contribution is -2.06. The van der Waals surface area contributed by atoms with Gasteiger partial charge >= 0.3 is 5.97 Å². The highest BCUT2D eigenvalue weighted by Gasteiger charge is 2.09. The van der Waals surface area contributed by atoms with Crippen molar-refractivity contribution in [2.45, 2.75) is 6.54 Å². The zero-order chi connectivity index (χ0) is 15.9. The van der Waals surface area contributed by atoms with E-state index in [2.05, 4.69) is 11.9 Å². The highest BCUT2D eigenvalue weighted by atomic mass is 35.5. The fourth-order valence-electron chi connectivity index (χ4n) is 1.94. The molecule has 0 aliphatic heterocycles. The van der Waals surface area contributed by atoms with Crippen molar-refractivity contribution in [3.05, 3.63) is 71.3 Å². The van der Waals surface area contributed by atoms with Gasteiger partial charge in [-0.1, -0.05) is 42.5 Å². The molecule has 2 aromatic rings. The average molecular weight is 318 g/mol. The van der Waals surface area contributed by atoms with Gasteiger partial charge in [0, 0.05) is 12.2 Å². The molecule has 0 aliphatic rings. The third-order valence-electron chi connectivity index (χ3n) is 2.99. The van der Waals surface area contributed by atoms with Gasteiger partial charge in [0.2, 0.25) is 0 Å². The molecule has 5 heteroatoms. The van der Waals surface area contributed by atoms with Gasteiger partial charge < -0.3 is 15.2 Å². The third-order valence-corrected chi connectivity index (χ3v) is 3.29. The van der Waals surface area contributed by atoms with Gasteiger partial charge in [-0.3, -0.25) is 0 Å². The molecule has 0 amide bonds. The number of rotatable bonds is 7. The van der Waals surface area contributed by atoms with Crippen molar-refractivity contribution in [2.24, 2.45) is 0 Å². The van der Waals surface area contributed by atoms with E-state index in [0.717, 1.165) is 5.56 Å². The first kappa shape index (κ1) is 15.9. The lowest BCUT2D eigenvalue weighted by Gasteiger charge is -2.11. The van der Waals surface area contributed by atoms with Crippen LogP contribution in [0, 0.1) is 0 Å². The van der Waals surface area contributed by atoms with Crippen LogP contribution in [0.15, 0.2) is 55.1 Å². The second-order valence-electron chi connectivity index (χ2n) is 4.57. The van der Waals surface area contributed by atoms with Crippen molar-refractivity contribution in [3.8, 4) is 5.75 Å². The molecular formula is C17H16ClNO3. The van der Waals surface area contributed by atoms with E-state index in [-0.39, 0.29) is 5.56 Å². The van der Waals surface area contributed by atoms with Crippen molar-refractivity contribution in [3.63, 3.8) is 0 Å². The van der Waals surface area contributed by atoms with Gasteiger partial charge in [-0.2, -0.15) is 0 Å². The largest absolute Gasteiger partial charge is 0.488 e. The van der Waals surface area contributed by atoms with E-state index in [9.17, 15) is 4.79 Å². The molecule has 0 saturated carbocycles. The van der Waals surface area contributed by atoms with E-state index in [1.54, 1.807) is 42.5 Å². The summed E-state index contributed by atoms with van der Waals surface area (Å²) in [5, 5.41) is 12.8. The molecule has 22 heavy (non-hydrogen) atoms. The van der Waals surface area contributed by atoms with Crippen molar-refractivity contribution < 1.29 is 14.6 Å². The lowest BCUT2D eigenvalue weighted by molar-refractivity contribution is 0.0698. The summed E-state index contributed by atoms with van der Waals surface area (Å²) in [5.41, 5.74) is 1.73. The van der Waals surface area contributed by atoms with Gasteiger partial charge in [-0.25, -0.2) is 4.79 Å². The van der Waals surface area contributed by atoms with E-state index in [1.807, 2.05) is 6.07 Å². The standard InChI is InChI=1S/C17H16ClNO3/c1-2-9-22-16-8-7-12(10-14(16)18)11-19-15-6-4-3-5-13(15)17(20)21/h2-8,10,19H,1,9,11H2,(H,20,21). The number of anilines is 1. The Hall–Kier alpha value is -2.46. The Labute approximate surface area is 134 Å². The van der Waals surface area contributed by atoms with Gasteiger partial charge in [-0.15, -0.1) is 0 Å². The molecule has 0 radical (unpaired) electrons. The monoisotopic (exact) mass is 317 g/mol. The summed E-state index contributed by atoms with van der Waals surface area (Å²) in [6.07, 6.45) is 1.65. The normalized spacial score (nSPS) is 10.0. The Kier molecular flexibility index (Phi) is 5.44. The molecule has 0 atom stereocenters. The minimum atomic E-state index is -0.964. The van der Waals surface area contributed by atoms with Crippen molar-refractivity contribution in [1.82, 2.24) is 0 Å². The molecule has 2 N–H and O–H groups in total. The van der Waals surface area contributed by atoms with E-state index < -0.39 is 5.97 Å². The highest BCUT2D eigenvalue weighted by molar-refractivity contribution is 6.32. The molecule has 0 aliphatic carbocycles. The number of carbonyl (C=O) groups is 1. The van der Waals surface area contributed by atoms with Crippen LogP contribution < -0.4 is 10.1 Å². The number of halogens is 1. The molecule has 2 aromatic carbocycles. The third kappa shape index (κ3) is 4.02. The number of carboxylic acids is 1. The highest BCUT2D eigenvalue weighted by Crippen LogP contribution is 2.26. The lowest BCUT2D eigenvalue weighted by atomic mass is 10.1. The first-order valence-corrected chi connectivity index (χ1v) is 7.08. The Bertz CT molecular complexity index is 685. The van der Waals surface area contributed by atoms with Crippen molar-refractivity contribution in [1.29, 1.82) is 0 Å². The number of ether oxygens (including phenoxy) is 1. The van der Waals surface area contributed by atoms with Crippen LogP contribution in [-0.4, -0.2) is 17.7 Å². The van der Waals surface area contributed by atoms with Gasteiger partial charge in [0.1, 0.15) is 12.4 Å². The van der Waals surface area contributed by atoms with Crippen LogP contribution in [0.1, 0.15) is 15.9 Å². The minimum absolute atomic E-state index is 0.236. The number of aromatic carboxylic acids is 1. The summed E-state index contributed by atoms with van der Waals surface area (Å²) >= 11 is 6.15. The van der Waals surface area contributed by atoms with Crippen LogP contribution >= 0.6 is 11.6 Å². The van der Waals surface area contributed by atoms with E-state index in [1.165, 1.54) is 0 Å². The van der Waals surface area contributed by atoms with Crippen LogP contribution in [-0.2, 0) is 6.54 Å². The van der Waals surface area contributed by atoms with Gasteiger partial charge in [-0.05, 0) is 29.8 Å². The molecule has 0 unspecified atom stereocenters. The molecule has 0 bridgehead atoms. The SMILES string of the molecule is C=CCOc1ccc(CNc2ccccc2C(=O)O)cc1Cl. The summed E-state index contributed by atoms with van der Waals surface area (Å²) in [5.74, 6) is -0.370. The Balaban J connectivity index is 2.07. The zero-order valence-corrected chi connectivity index (χ0v) is 12.6. The number of hydrogen-bond acceptors (Lipinski definition) is 3. The smallest absolute Gasteiger partial charge is 0.337 e. The number of hydrogen-bond donors (Lipinski definition) is 2. The van der Waals surface area contributed by atoms with E-state index in [4.69, 9.17) is 21.4 Å². The number of carboxylic acid groups (broad SMARTS) is 1. The van der Waals surface area contributed by atoms with E-state index >= 15 is 0 Å². The summed E-state index contributed by atoms with van der Waals surface area (Å²) in [4.78, 5) is 11.1. The Morgan fingerprint density at radius 2 is 2.09 bits per heavy atom. The molecular weight excluding hydrogens is 302 g/mol. The molecule has 0 aromatic heterocycles. The fourth-order valence-corrected chi connectivity index (χ4v) is 2.20. The molecule has 0 saturated heterocycles. The first-order chi connectivity index (χ1) is 10.6. The van der Waals surface area contributed by atoms with Gasteiger partial charge in [0.05, 0.1) is 10.6 Å². The van der Waals surface area contributed by atoms with Crippen LogP contribution in [0.3, 0.4) is 0 Å². The van der Waals surface area contributed by atoms with Crippen LogP contribution in [0.4, 0.5) is 5.69 Å². The number of benzene rings is 2. The van der Waals surface area contributed by atoms with Crippen molar-refractivity contribution >= 4 is 23.3 Å². The van der Waals surface area contributed by atoms with Gasteiger partial charge in [0.15, 0.2) is 0 Å². The molecule has 2 rings (SSSR count). The summed E-state index contributed by atoms with van der Waals surface area (Å²) in [7, 11) is 0. The molecule has 0 heterocycles. The first-order valence-electron chi connectivity index (χ1n) is 6.70. The topological polar surface area (TPSA) is 58.6 Å². The maximum absolute atomic E-state index is 11.1. The van der Waals surface area contributed by atoms with Crippen LogP contribution in [0.5, 0.6) is 5.75 Å². The Morgan fingerprint density at radius 3 is 2.77 bits per heavy atom. The van der Waals surface area contributed by atoms with Crippen molar-refractivity contribution in [2.75, 3.05) is 11.9 Å². The average Bonchev–Trinajstić information content (AvgIpc) is 2.52. The quantitative estimate of drug-likeness (QED) is 0.751. The molecule has 0 fully saturated rings. The maximum atomic E-state index is 11.1. The van der Waals surface area contributed by atoms with Crippen LogP contribution in [0.2, 0.25) is 5.02 Å². The summed E-state index contributed by atoms with van der Waals surface area (Å²) in [6, 6.07) is 12.2. The van der Waals surface area contributed by atoms with Gasteiger partial charge in [0.25, 0.3) is 0 Å². The molecule has 0 spiro atoms. The van der Waals surface area contributed by atoms with Crippen LogP contribution in [0.25, 0.3) is 0 Å². The predicted molar refractivity (Wildman–Crippen MR) is 87.9 cm³/mol. The molecule has 114 valence electrons. The molecule has 4 nitrogen and oxygen atoms in total. The second-order valence-corrected chi connectivity index (χ2v) is 4.98. The summed E-state index contributed by atoms with van der Waals surface area (Å²) in [6.45, 7) is 4.44. The van der Waals surface area contributed by atoms with E-state index in [0.29, 0.717) is 29.6 Å². The minimum Gasteiger partial charge on any atom is -0.488 e.